The molecule has 2 aromatic heterocycles. The van der Waals surface area contributed by atoms with Gasteiger partial charge in [0.2, 0.25) is 5.82 Å². The number of H-pyrrole nitrogens is 1. The summed E-state index contributed by atoms with van der Waals surface area (Å²) in [6, 6.07) is 5.87. The first-order valence-electron chi connectivity index (χ1n) is 8.63. The van der Waals surface area contributed by atoms with E-state index in [1.54, 1.807) is 6.07 Å². The number of hydrogen-bond donors (Lipinski definition) is 2. The van der Waals surface area contributed by atoms with Crippen molar-refractivity contribution in [2.45, 2.75) is 38.7 Å². The van der Waals surface area contributed by atoms with Gasteiger partial charge in [-0.2, -0.15) is 0 Å². The molecule has 0 saturated heterocycles. The van der Waals surface area contributed by atoms with Crippen LogP contribution in [0.5, 0.6) is 0 Å². The number of aromatic amines is 1. The maximum absolute atomic E-state index is 13.4. The maximum atomic E-state index is 13.4. The minimum Gasteiger partial charge on any atom is -0.345 e. The predicted octanol–water partition coefficient (Wildman–Crippen LogP) is 3.52. The zero-order valence-corrected chi connectivity index (χ0v) is 15.4. The van der Waals surface area contributed by atoms with Crippen LogP contribution in [0.3, 0.4) is 0 Å². The van der Waals surface area contributed by atoms with Crippen molar-refractivity contribution in [3.05, 3.63) is 62.0 Å². The van der Waals surface area contributed by atoms with Crippen molar-refractivity contribution in [3.63, 3.8) is 0 Å². The highest BCUT2D eigenvalue weighted by Crippen LogP contribution is 2.34. The monoisotopic (exact) mass is 389 g/mol. The third-order valence-corrected chi connectivity index (χ3v) is 5.86. The van der Waals surface area contributed by atoms with E-state index in [0.717, 1.165) is 36.6 Å². The fourth-order valence-electron chi connectivity index (χ4n) is 3.33. The molecule has 0 saturated carbocycles. The molecule has 1 aliphatic rings. The Morgan fingerprint density at radius 3 is 2.96 bits per heavy atom. The van der Waals surface area contributed by atoms with E-state index >= 15 is 0 Å². The smallest absolute Gasteiger partial charge is 0.287 e. The molecule has 5 nitrogen and oxygen atoms in total. The van der Waals surface area contributed by atoms with Gasteiger partial charge in [0.25, 0.3) is 17.4 Å². The number of carbonyl (C=O) groups excluding carboxylic acids is 1. The van der Waals surface area contributed by atoms with E-state index in [1.807, 2.05) is 0 Å². The molecule has 0 atom stereocenters. The van der Waals surface area contributed by atoms with Crippen molar-refractivity contribution < 1.29 is 13.6 Å². The van der Waals surface area contributed by atoms with E-state index in [9.17, 15) is 18.4 Å². The third kappa shape index (κ3) is 3.37. The molecular weight excluding hydrogens is 372 g/mol. The van der Waals surface area contributed by atoms with Crippen LogP contribution in [0.25, 0.3) is 10.2 Å². The third-order valence-electron chi connectivity index (χ3n) is 4.68. The number of alkyl halides is 2. The number of nitrogens with one attached hydrogen (secondary N) is 2. The van der Waals surface area contributed by atoms with Gasteiger partial charge in [-0.3, -0.25) is 9.59 Å². The van der Waals surface area contributed by atoms with Gasteiger partial charge < -0.3 is 10.3 Å². The van der Waals surface area contributed by atoms with Crippen LogP contribution in [0.2, 0.25) is 0 Å². The van der Waals surface area contributed by atoms with Crippen molar-refractivity contribution in [1.82, 2.24) is 15.3 Å². The number of rotatable bonds is 4. The van der Waals surface area contributed by atoms with Gasteiger partial charge in [0, 0.05) is 23.9 Å². The number of aromatic nitrogens is 2. The van der Waals surface area contributed by atoms with Gasteiger partial charge in [-0.1, -0.05) is 18.2 Å². The normalized spacial score (nSPS) is 13.7. The molecule has 1 aliphatic carbocycles. The maximum Gasteiger partial charge on any atom is 0.287 e. The van der Waals surface area contributed by atoms with Crippen molar-refractivity contribution in [1.29, 1.82) is 0 Å². The second-order valence-corrected chi connectivity index (χ2v) is 7.81. The summed E-state index contributed by atoms with van der Waals surface area (Å²) < 4.78 is 26.8. The lowest BCUT2D eigenvalue weighted by atomic mass is 10.1. The average molecular weight is 389 g/mol. The van der Waals surface area contributed by atoms with Crippen LogP contribution in [-0.2, 0) is 25.3 Å². The first kappa shape index (κ1) is 17.8. The minimum atomic E-state index is -2.95. The molecule has 27 heavy (non-hydrogen) atoms. The quantitative estimate of drug-likeness (QED) is 0.717. The summed E-state index contributed by atoms with van der Waals surface area (Å²) in [7, 11) is 0. The molecule has 0 bridgehead atoms. The second-order valence-electron chi connectivity index (χ2n) is 6.72. The van der Waals surface area contributed by atoms with Gasteiger partial charge in [0.15, 0.2) is 0 Å². The summed E-state index contributed by atoms with van der Waals surface area (Å²) >= 11 is 1.46. The van der Waals surface area contributed by atoms with Crippen LogP contribution < -0.4 is 10.9 Å². The van der Waals surface area contributed by atoms with E-state index in [0.29, 0.717) is 15.8 Å². The fraction of sp³-hybridized carbons (Fsp3) is 0.316. The molecule has 140 valence electrons. The summed E-state index contributed by atoms with van der Waals surface area (Å²) in [5.74, 6) is -3.56. The Morgan fingerprint density at radius 1 is 1.37 bits per heavy atom. The number of thiophene rings is 1. The van der Waals surface area contributed by atoms with E-state index < -0.39 is 11.8 Å². The van der Waals surface area contributed by atoms with Crippen LogP contribution in [0.1, 0.15) is 45.5 Å². The van der Waals surface area contributed by atoms with E-state index in [1.165, 1.54) is 29.5 Å². The number of hydrogen-bond acceptors (Lipinski definition) is 4. The first-order valence-corrected chi connectivity index (χ1v) is 9.44. The molecule has 1 aromatic carbocycles. The van der Waals surface area contributed by atoms with Crippen molar-refractivity contribution in [3.8, 4) is 0 Å². The van der Waals surface area contributed by atoms with Crippen molar-refractivity contribution >= 4 is 27.5 Å². The van der Waals surface area contributed by atoms with E-state index in [-0.39, 0.29) is 23.5 Å². The molecule has 0 unspecified atom stereocenters. The zero-order valence-electron chi connectivity index (χ0n) is 14.6. The summed E-state index contributed by atoms with van der Waals surface area (Å²) in [6.07, 6.45) is 2.84. The fourth-order valence-corrected chi connectivity index (χ4v) is 4.59. The van der Waals surface area contributed by atoms with Gasteiger partial charge in [-0.25, -0.2) is 13.8 Å². The second kappa shape index (κ2) is 6.53. The van der Waals surface area contributed by atoms with Gasteiger partial charge in [0.1, 0.15) is 4.83 Å². The van der Waals surface area contributed by atoms with Gasteiger partial charge in [-0.15, -0.1) is 11.3 Å². The Kier molecular flexibility index (Phi) is 4.30. The highest BCUT2D eigenvalue weighted by Gasteiger charge is 2.24. The number of halogens is 2. The minimum absolute atomic E-state index is 0.0610. The van der Waals surface area contributed by atoms with Crippen LogP contribution in [-0.4, -0.2) is 15.9 Å². The molecule has 0 fully saturated rings. The van der Waals surface area contributed by atoms with Gasteiger partial charge in [0.05, 0.1) is 5.39 Å². The number of nitrogens with zero attached hydrogens (tertiary/aromatic N) is 1. The zero-order chi connectivity index (χ0) is 19.2. The highest BCUT2D eigenvalue weighted by molar-refractivity contribution is 7.18. The molecular formula is C19H17F2N3O2S. The average Bonchev–Trinajstić information content (AvgIpc) is 3.19. The lowest BCUT2D eigenvalue weighted by Crippen LogP contribution is -2.27. The molecule has 4 rings (SSSR count). The number of fused-ring (bicyclic) bond motifs is 3. The summed E-state index contributed by atoms with van der Waals surface area (Å²) in [4.78, 5) is 33.4. The molecule has 1 amide bonds. The lowest BCUT2D eigenvalue weighted by Gasteiger charge is -2.12. The number of amides is 1. The largest absolute Gasteiger partial charge is 0.345 e. The molecule has 0 spiro atoms. The van der Waals surface area contributed by atoms with Gasteiger partial charge in [-0.05, 0) is 36.5 Å². The van der Waals surface area contributed by atoms with Crippen LogP contribution in [0, 0.1) is 0 Å². The molecule has 8 heteroatoms. The molecule has 2 heterocycles. The van der Waals surface area contributed by atoms with Crippen molar-refractivity contribution in [2.75, 3.05) is 0 Å². The van der Waals surface area contributed by atoms with Gasteiger partial charge >= 0.3 is 0 Å². The Morgan fingerprint density at radius 2 is 2.19 bits per heavy atom. The van der Waals surface area contributed by atoms with Crippen LogP contribution in [0.4, 0.5) is 8.78 Å². The summed E-state index contributed by atoms with van der Waals surface area (Å²) in [6.45, 7) is 0.887. The topological polar surface area (TPSA) is 74.8 Å². The van der Waals surface area contributed by atoms with E-state index in [4.69, 9.17) is 0 Å². The van der Waals surface area contributed by atoms with E-state index in [2.05, 4.69) is 15.3 Å². The predicted molar refractivity (Wildman–Crippen MR) is 99.4 cm³/mol. The Labute approximate surface area is 157 Å². The Bertz CT molecular complexity index is 1100. The Balaban J connectivity index is 1.55. The van der Waals surface area contributed by atoms with Crippen LogP contribution >= 0.6 is 11.3 Å². The lowest BCUT2D eigenvalue weighted by molar-refractivity contribution is 0.0174. The number of aryl methyl sites for hydroxylation is 2. The summed E-state index contributed by atoms with van der Waals surface area (Å²) in [5.41, 5.74) is 1.17. The van der Waals surface area contributed by atoms with Crippen LogP contribution in [0.15, 0.2) is 29.1 Å². The summed E-state index contributed by atoms with van der Waals surface area (Å²) in [5, 5.41) is 3.21. The first-order chi connectivity index (χ1) is 12.8. The molecule has 3 aromatic rings. The molecule has 0 aliphatic heterocycles. The molecule has 2 N–H and O–H groups in total. The number of benzene rings is 1. The standard InChI is InChI=1S/C19H17F2N3O2S/c1-19(20,21)11-5-2-4-10(8-11)9-22-17(26)15-23-16(25)14-12-6-3-7-13(12)27-18(14)24-15/h2,4-5,8H,3,6-7,9H2,1H3,(H,22,26)(H,23,24,25). The highest BCUT2D eigenvalue weighted by atomic mass is 32.1. The van der Waals surface area contributed by atoms with Crippen molar-refractivity contribution in [2.24, 2.45) is 0 Å². The Hall–Kier alpha value is -2.61. The number of carbonyl (C=O) groups is 1. The molecule has 0 radical (unpaired) electrons. The SMILES string of the molecule is CC(F)(F)c1cccc(CNC(=O)c2nc3sc4c(c3c(=O)[nH]2)CCC4)c1.